The number of hydrogen-bond donors (Lipinski definition) is 1. The molecule has 0 saturated carbocycles. The first-order valence-electron chi connectivity index (χ1n) is 6.81. The van der Waals surface area contributed by atoms with Crippen LogP contribution in [0.25, 0.3) is 0 Å². The lowest BCUT2D eigenvalue weighted by molar-refractivity contribution is -0.384. The smallest absolute Gasteiger partial charge is 0.270 e. The van der Waals surface area contributed by atoms with E-state index in [0.717, 1.165) is 12.2 Å². The summed E-state index contributed by atoms with van der Waals surface area (Å²) < 4.78 is 5.56. The average molecular weight is 297 g/mol. The van der Waals surface area contributed by atoms with Gasteiger partial charge in [0, 0.05) is 18.7 Å². The molecule has 0 fully saturated rings. The fourth-order valence-corrected chi connectivity index (χ4v) is 1.89. The second-order valence-electron chi connectivity index (χ2n) is 4.54. The highest BCUT2D eigenvalue weighted by atomic mass is 16.6. The molecule has 2 rings (SSSR count). The summed E-state index contributed by atoms with van der Waals surface area (Å²) in [5, 5.41) is 22.8. The first-order chi connectivity index (χ1) is 10.7. The van der Waals surface area contributed by atoms with Gasteiger partial charge in [-0.25, -0.2) is 0 Å². The predicted octanol–water partition coefficient (Wildman–Crippen LogP) is 3.35. The van der Waals surface area contributed by atoms with Crippen LogP contribution in [-0.2, 0) is 0 Å². The van der Waals surface area contributed by atoms with Crippen LogP contribution < -0.4 is 10.1 Å². The molecule has 0 radical (unpaired) electrons. The van der Waals surface area contributed by atoms with Gasteiger partial charge in [0.05, 0.1) is 22.8 Å². The van der Waals surface area contributed by atoms with Crippen LogP contribution in [-0.4, -0.2) is 18.1 Å². The van der Waals surface area contributed by atoms with Crippen molar-refractivity contribution in [1.29, 1.82) is 5.26 Å². The van der Waals surface area contributed by atoms with Crippen LogP contribution in [0.15, 0.2) is 48.5 Å². The second-order valence-corrected chi connectivity index (χ2v) is 4.54. The van der Waals surface area contributed by atoms with Crippen molar-refractivity contribution in [3.8, 4) is 11.8 Å². The van der Waals surface area contributed by atoms with Crippen LogP contribution in [0.1, 0.15) is 12.0 Å². The van der Waals surface area contributed by atoms with Gasteiger partial charge >= 0.3 is 0 Å². The number of nitro benzene ring substituents is 1. The predicted molar refractivity (Wildman–Crippen MR) is 82.9 cm³/mol. The molecule has 0 aliphatic heterocycles. The Morgan fingerprint density at radius 2 is 2.00 bits per heavy atom. The summed E-state index contributed by atoms with van der Waals surface area (Å²) in [6, 6.07) is 15.7. The van der Waals surface area contributed by atoms with Gasteiger partial charge in [-0.15, -0.1) is 0 Å². The number of nitrogens with one attached hydrogen (secondary N) is 1. The van der Waals surface area contributed by atoms with Gasteiger partial charge in [-0.05, 0) is 24.6 Å². The molecule has 2 aromatic carbocycles. The molecule has 0 saturated heterocycles. The number of hydrogen-bond acceptors (Lipinski definition) is 5. The second kappa shape index (κ2) is 7.64. The van der Waals surface area contributed by atoms with E-state index in [2.05, 4.69) is 5.32 Å². The van der Waals surface area contributed by atoms with Crippen LogP contribution in [0, 0.1) is 21.4 Å². The molecule has 1 N–H and O–H groups in total. The van der Waals surface area contributed by atoms with E-state index in [4.69, 9.17) is 10.00 Å². The lowest BCUT2D eigenvalue weighted by atomic mass is 10.1. The first-order valence-corrected chi connectivity index (χ1v) is 6.81. The van der Waals surface area contributed by atoms with Crippen LogP contribution in [0.2, 0.25) is 0 Å². The summed E-state index contributed by atoms with van der Waals surface area (Å²) in [5.74, 6) is 0.815. The molecule has 6 heteroatoms. The zero-order valence-electron chi connectivity index (χ0n) is 11.9. The monoisotopic (exact) mass is 297 g/mol. The molecule has 0 unspecified atom stereocenters. The Kier molecular flexibility index (Phi) is 5.32. The molecule has 2 aromatic rings. The summed E-state index contributed by atoms with van der Waals surface area (Å²) in [6.07, 6.45) is 0.747. The minimum Gasteiger partial charge on any atom is -0.494 e. The molecule has 0 amide bonds. The fraction of sp³-hybridized carbons (Fsp3) is 0.188. The van der Waals surface area contributed by atoms with Crippen molar-refractivity contribution in [2.45, 2.75) is 6.42 Å². The third-order valence-electron chi connectivity index (χ3n) is 2.98. The number of rotatable bonds is 7. The van der Waals surface area contributed by atoms with Crippen LogP contribution in [0.5, 0.6) is 5.75 Å². The Labute approximate surface area is 128 Å². The third kappa shape index (κ3) is 4.21. The zero-order valence-corrected chi connectivity index (χ0v) is 11.9. The average Bonchev–Trinajstić information content (AvgIpc) is 2.55. The molecule has 0 aromatic heterocycles. The van der Waals surface area contributed by atoms with E-state index in [9.17, 15) is 10.1 Å². The number of non-ortho nitro benzene ring substituents is 1. The van der Waals surface area contributed by atoms with E-state index in [-0.39, 0.29) is 11.3 Å². The van der Waals surface area contributed by atoms with Crippen molar-refractivity contribution < 1.29 is 9.66 Å². The minimum absolute atomic E-state index is 0.0884. The van der Waals surface area contributed by atoms with Crippen molar-refractivity contribution in [3.05, 3.63) is 64.2 Å². The molecular formula is C16H15N3O3. The molecule has 22 heavy (non-hydrogen) atoms. The summed E-state index contributed by atoms with van der Waals surface area (Å²) in [5.41, 5.74) is 0.764. The maximum absolute atomic E-state index is 10.7. The van der Waals surface area contributed by atoms with Gasteiger partial charge in [-0.3, -0.25) is 10.1 Å². The van der Waals surface area contributed by atoms with Gasteiger partial charge in [0.25, 0.3) is 5.69 Å². The Morgan fingerprint density at radius 1 is 1.23 bits per heavy atom. The molecular weight excluding hydrogens is 282 g/mol. The Balaban J connectivity index is 1.82. The highest BCUT2D eigenvalue weighted by Gasteiger charge is 2.10. The number of nitrogens with zero attached hydrogens (tertiary/aromatic N) is 2. The summed E-state index contributed by atoms with van der Waals surface area (Å²) in [7, 11) is 0. The number of nitriles is 1. The molecule has 0 heterocycles. The van der Waals surface area contributed by atoms with Gasteiger partial charge in [0.15, 0.2) is 0 Å². The van der Waals surface area contributed by atoms with Gasteiger partial charge < -0.3 is 10.1 Å². The normalized spacial score (nSPS) is 9.77. The Bertz CT molecular complexity index is 681. The van der Waals surface area contributed by atoms with E-state index >= 15 is 0 Å². The van der Waals surface area contributed by atoms with Gasteiger partial charge in [0.2, 0.25) is 0 Å². The summed E-state index contributed by atoms with van der Waals surface area (Å²) >= 11 is 0. The molecule has 0 aliphatic rings. The summed E-state index contributed by atoms with van der Waals surface area (Å²) in [6.45, 7) is 1.16. The number of nitro groups is 1. The Hall–Kier alpha value is -3.07. The Morgan fingerprint density at radius 3 is 2.68 bits per heavy atom. The maximum Gasteiger partial charge on any atom is 0.270 e. The van der Waals surface area contributed by atoms with Crippen LogP contribution in [0.3, 0.4) is 0 Å². The molecule has 0 bridgehead atoms. The summed E-state index contributed by atoms with van der Waals surface area (Å²) in [4.78, 5) is 10.2. The highest BCUT2D eigenvalue weighted by Crippen LogP contribution is 2.21. The molecule has 0 spiro atoms. The van der Waals surface area contributed by atoms with Crippen molar-refractivity contribution in [2.24, 2.45) is 0 Å². The highest BCUT2D eigenvalue weighted by molar-refractivity contribution is 5.61. The fourth-order valence-electron chi connectivity index (χ4n) is 1.89. The molecule has 6 nitrogen and oxygen atoms in total. The van der Waals surface area contributed by atoms with E-state index < -0.39 is 4.92 Å². The van der Waals surface area contributed by atoms with Crippen molar-refractivity contribution in [3.63, 3.8) is 0 Å². The zero-order chi connectivity index (χ0) is 15.8. The van der Waals surface area contributed by atoms with E-state index in [1.54, 1.807) is 6.07 Å². The largest absolute Gasteiger partial charge is 0.494 e. The maximum atomic E-state index is 10.7. The number of anilines is 1. The lowest BCUT2D eigenvalue weighted by Gasteiger charge is -2.09. The van der Waals surface area contributed by atoms with Gasteiger partial charge in [0.1, 0.15) is 11.8 Å². The number of benzene rings is 2. The van der Waals surface area contributed by atoms with Gasteiger partial charge in [-0.2, -0.15) is 5.26 Å². The van der Waals surface area contributed by atoms with Crippen molar-refractivity contribution in [1.82, 2.24) is 0 Å². The van der Waals surface area contributed by atoms with Crippen LogP contribution >= 0.6 is 0 Å². The molecule has 112 valence electrons. The minimum atomic E-state index is -0.516. The topological polar surface area (TPSA) is 88.2 Å². The SMILES string of the molecule is N#Cc1cc([N+](=O)[O-])ccc1NCCCOc1ccccc1. The number of ether oxygens (including phenoxy) is 1. The number of para-hydroxylation sites is 1. The van der Waals surface area contributed by atoms with E-state index in [0.29, 0.717) is 18.8 Å². The third-order valence-corrected chi connectivity index (χ3v) is 2.98. The van der Waals surface area contributed by atoms with Crippen molar-refractivity contribution >= 4 is 11.4 Å². The first kappa shape index (κ1) is 15.3. The van der Waals surface area contributed by atoms with E-state index in [1.165, 1.54) is 12.1 Å². The van der Waals surface area contributed by atoms with Crippen molar-refractivity contribution in [2.75, 3.05) is 18.5 Å². The lowest BCUT2D eigenvalue weighted by Crippen LogP contribution is -2.08. The molecule has 0 atom stereocenters. The van der Waals surface area contributed by atoms with Crippen LogP contribution in [0.4, 0.5) is 11.4 Å². The molecule has 0 aliphatic carbocycles. The quantitative estimate of drug-likeness (QED) is 0.481. The standard InChI is InChI=1S/C16H15N3O3/c17-12-13-11-14(19(20)21)7-8-16(13)18-9-4-10-22-15-5-2-1-3-6-15/h1-3,5-8,11,18H,4,9-10H2. The van der Waals surface area contributed by atoms with Gasteiger partial charge in [-0.1, -0.05) is 18.2 Å². The van der Waals surface area contributed by atoms with E-state index in [1.807, 2.05) is 36.4 Å².